The fourth-order valence-corrected chi connectivity index (χ4v) is 4.34. The van der Waals surface area contributed by atoms with E-state index in [9.17, 15) is 14.0 Å². The summed E-state index contributed by atoms with van der Waals surface area (Å²) in [6.07, 6.45) is 1.11. The zero-order valence-electron chi connectivity index (χ0n) is 16.5. The molecule has 0 saturated carbocycles. The minimum atomic E-state index is -0.768. The number of benzene rings is 1. The minimum absolute atomic E-state index is 0.192. The third-order valence-electron chi connectivity index (χ3n) is 5.83. The Kier molecular flexibility index (Phi) is 4.48. The van der Waals surface area contributed by atoms with Crippen molar-refractivity contribution in [2.45, 2.75) is 39.2 Å². The number of amides is 3. The van der Waals surface area contributed by atoms with Crippen LogP contribution in [0.15, 0.2) is 24.3 Å². The van der Waals surface area contributed by atoms with Gasteiger partial charge in [0.25, 0.3) is 5.91 Å². The molecule has 0 bridgehead atoms. The Morgan fingerprint density at radius 2 is 1.93 bits per heavy atom. The summed E-state index contributed by atoms with van der Waals surface area (Å²) >= 11 is 0. The van der Waals surface area contributed by atoms with Gasteiger partial charge in [-0.1, -0.05) is 13.8 Å². The Balaban J connectivity index is 1.59. The lowest BCUT2D eigenvalue weighted by molar-refractivity contribution is -0.127. The van der Waals surface area contributed by atoms with Crippen LogP contribution in [0.5, 0.6) is 0 Å². The smallest absolute Gasteiger partial charge is 0.325 e. The Morgan fingerprint density at radius 1 is 1.21 bits per heavy atom. The maximum absolute atomic E-state index is 13.6. The Bertz CT molecular complexity index is 951. The number of piperidine rings is 1. The van der Waals surface area contributed by atoms with Crippen LogP contribution < -0.4 is 10.2 Å². The third kappa shape index (κ3) is 2.99. The first kappa shape index (κ1) is 18.7. The van der Waals surface area contributed by atoms with Gasteiger partial charge >= 0.3 is 6.03 Å². The van der Waals surface area contributed by atoms with Crippen LogP contribution in [-0.2, 0) is 4.79 Å². The zero-order chi connectivity index (χ0) is 20.1. The highest BCUT2D eigenvalue weighted by atomic mass is 19.1. The van der Waals surface area contributed by atoms with Gasteiger partial charge in [-0.2, -0.15) is 0 Å². The van der Waals surface area contributed by atoms with Gasteiger partial charge < -0.3 is 9.80 Å². The van der Waals surface area contributed by atoms with Crippen LogP contribution in [0.2, 0.25) is 0 Å². The fraction of sp³-hybridized carbons (Fsp3) is 0.476. The van der Waals surface area contributed by atoms with Crippen molar-refractivity contribution >= 4 is 28.7 Å². The number of rotatable bonds is 3. The largest absolute Gasteiger partial charge is 0.356 e. The molecule has 6 nitrogen and oxygen atoms in total. The second-order valence-electron chi connectivity index (χ2n) is 8.24. The second kappa shape index (κ2) is 6.72. The number of nitrogens with one attached hydrogen (secondary N) is 1. The molecule has 3 amide bonds. The summed E-state index contributed by atoms with van der Waals surface area (Å²) in [4.78, 5) is 33.4. The van der Waals surface area contributed by atoms with Crippen molar-refractivity contribution in [3.05, 3.63) is 35.6 Å². The monoisotopic (exact) mass is 384 g/mol. The predicted octanol–water partition coefficient (Wildman–Crippen LogP) is 3.23. The minimum Gasteiger partial charge on any atom is -0.356 e. The van der Waals surface area contributed by atoms with Gasteiger partial charge in [-0.15, -0.1) is 0 Å². The zero-order valence-corrected chi connectivity index (χ0v) is 16.5. The number of hydrogen-bond donors (Lipinski definition) is 1. The van der Waals surface area contributed by atoms with Crippen molar-refractivity contribution in [1.82, 2.24) is 15.2 Å². The predicted molar refractivity (Wildman–Crippen MR) is 106 cm³/mol. The number of carbonyl (C=O) groups excluding carboxylic acids is 2. The second-order valence-corrected chi connectivity index (χ2v) is 8.24. The van der Waals surface area contributed by atoms with Crippen LogP contribution >= 0.6 is 0 Å². The van der Waals surface area contributed by atoms with Crippen LogP contribution in [0.3, 0.4) is 0 Å². The van der Waals surface area contributed by atoms with E-state index in [2.05, 4.69) is 15.2 Å². The fourth-order valence-electron chi connectivity index (χ4n) is 4.34. The highest BCUT2D eigenvalue weighted by molar-refractivity contribution is 6.07. The summed E-state index contributed by atoms with van der Waals surface area (Å²) in [5.74, 6) is 0.569. The normalized spacial score (nSPS) is 19.2. The lowest BCUT2D eigenvalue weighted by Gasteiger charge is -2.43. The molecule has 4 rings (SSSR count). The van der Waals surface area contributed by atoms with E-state index in [0.29, 0.717) is 38.0 Å². The molecule has 2 fully saturated rings. The summed E-state index contributed by atoms with van der Waals surface area (Å²) < 4.78 is 13.6. The molecule has 1 spiro atoms. The molecular weight excluding hydrogens is 359 g/mol. The molecular formula is C21H25FN4O2. The number of anilines is 1. The third-order valence-corrected chi connectivity index (χ3v) is 5.83. The van der Waals surface area contributed by atoms with Crippen molar-refractivity contribution in [2.75, 3.05) is 24.5 Å². The first-order valence-electron chi connectivity index (χ1n) is 9.75. The van der Waals surface area contributed by atoms with E-state index < -0.39 is 5.54 Å². The summed E-state index contributed by atoms with van der Waals surface area (Å²) in [6, 6.07) is 6.36. The number of hydrogen-bond acceptors (Lipinski definition) is 4. The molecule has 3 heterocycles. The molecule has 1 aromatic carbocycles. The van der Waals surface area contributed by atoms with Gasteiger partial charge in [0, 0.05) is 31.1 Å². The number of carbonyl (C=O) groups is 2. The summed E-state index contributed by atoms with van der Waals surface area (Å²) in [6.45, 7) is 7.86. The van der Waals surface area contributed by atoms with Crippen LogP contribution in [0, 0.1) is 18.7 Å². The van der Waals surface area contributed by atoms with Crippen LogP contribution in [0.1, 0.15) is 32.3 Å². The van der Waals surface area contributed by atoms with E-state index >= 15 is 0 Å². The number of aromatic nitrogens is 1. The van der Waals surface area contributed by atoms with Gasteiger partial charge in [-0.25, -0.2) is 14.2 Å². The van der Waals surface area contributed by atoms with Gasteiger partial charge in [0.1, 0.15) is 17.2 Å². The highest BCUT2D eigenvalue weighted by Crippen LogP contribution is 2.35. The number of aryl methyl sites for hydroxylation is 1. The summed E-state index contributed by atoms with van der Waals surface area (Å²) in [7, 11) is 0. The molecule has 2 saturated heterocycles. The molecule has 0 atom stereocenters. The molecule has 1 N–H and O–H groups in total. The van der Waals surface area contributed by atoms with Gasteiger partial charge in [0.15, 0.2) is 0 Å². The van der Waals surface area contributed by atoms with Crippen molar-refractivity contribution in [2.24, 2.45) is 5.92 Å². The molecule has 7 heteroatoms. The standard InChI is InChI=1S/C21H25FN4O2/c1-13(2)12-26-20(28)24-19(27)21(26)6-8-25(9-7-21)18-10-14(3)16-5-4-15(22)11-17(16)23-18/h4-5,10-11,13H,6-9,12H2,1-3H3,(H,24,27,28). The molecule has 28 heavy (non-hydrogen) atoms. The lowest BCUT2D eigenvalue weighted by atomic mass is 9.85. The Morgan fingerprint density at radius 3 is 2.61 bits per heavy atom. The molecule has 0 radical (unpaired) electrons. The molecule has 2 aliphatic heterocycles. The van der Waals surface area contributed by atoms with Crippen molar-refractivity contribution in [3.8, 4) is 0 Å². The topological polar surface area (TPSA) is 65.5 Å². The van der Waals surface area contributed by atoms with E-state index in [1.165, 1.54) is 12.1 Å². The summed E-state index contributed by atoms with van der Waals surface area (Å²) in [5, 5.41) is 3.43. The van der Waals surface area contributed by atoms with Crippen molar-refractivity contribution in [1.29, 1.82) is 0 Å². The van der Waals surface area contributed by atoms with Gasteiger partial charge in [0.2, 0.25) is 0 Å². The number of nitrogens with zero attached hydrogens (tertiary/aromatic N) is 3. The SMILES string of the molecule is Cc1cc(N2CCC3(CC2)C(=O)NC(=O)N3CC(C)C)nc2cc(F)ccc12. The number of pyridine rings is 1. The average Bonchev–Trinajstić information content (AvgIpc) is 2.85. The molecule has 0 aliphatic carbocycles. The summed E-state index contributed by atoms with van der Waals surface area (Å²) in [5.41, 5.74) is 0.900. The molecule has 148 valence electrons. The maximum atomic E-state index is 13.6. The maximum Gasteiger partial charge on any atom is 0.325 e. The van der Waals surface area contributed by atoms with Crippen molar-refractivity contribution in [3.63, 3.8) is 0 Å². The quantitative estimate of drug-likeness (QED) is 0.825. The van der Waals surface area contributed by atoms with Crippen LogP contribution in [0.25, 0.3) is 10.9 Å². The number of halogens is 1. The first-order chi connectivity index (χ1) is 13.3. The van der Waals surface area contributed by atoms with E-state index in [0.717, 1.165) is 16.8 Å². The first-order valence-corrected chi connectivity index (χ1v) is 9.75. The Labute approximate surface area is 163 Å². The van der Waals surface area contributed by atoms with Crippen LogP contribution in [-0.4, -0.2) is 47.0 Å². The molecule has 1 aromatic heterocycles. The van der Waals surface area contributed by atoms with Crippen LogP contribution in [0.4, 0.5) is 15.0 Å². The van der Waals surface area contributed by atoms with E-state index in [1.54, 1.807) is 11.0 Å². The average molecular weight is 384 g/mol. The van der Waals surface area contributed by atoms with Gasteiger partial charge in [-0.3, -0.25) is 10.1 Å². The van der Waals surface area contributed by atoms with Gasteiger partial charge in [0.05, 0.1) is 5.52 Å². The molecule has 2 aliphatic rings. The van der Waals surface area contributed by atoms with E-state index in [1.807, 2.05) is 26.8 Å². The number of imide groups is 1. The van der Waals surface area contributed by atoms with Crippen molar-refractivity contribution < 1.29 is 14.0 Å². The van der Waals surface area contributed by atoms with Gasteiger partial charge in [-0.05, 0) is 49.4 Å². The highest BCUT2D eigenvalue weighted by Gasteiger charge is 2.54. The molecule has 2 aromatic rings. The Hall–Kier alpha value is -2.70. The van der Waals surface area contributed by atoms with E-state index in [-0.39, 0.29) is 23.7 Å². The lowest BCUT2D eigenvalue weighted by Crippen LogP contribution is -2.57. The molecule has 0 unspecified atom stereocenters. The van der Waals surface area contributed by atoms with E-state index in [4.69, 9.17) is 0 Å². The number of fused-ring (bicyclic) bond motifs is 1. The number of urea groups is 1.